The zero-order valence-electron chi connectivity index (χ0n) is 8.77. The first-order valence-corrected chi connectivity index (χ1v) is 5.77. The van der Waals surface area contributed by atoms with Crippen LogP contribution in [0.2, 0.25) is 0 Å². The number of ether oxygens (including phenoxy) is 1. The molecule has 0 aliphatic carbocycles. The minimum absolute atomic E-state index is 0.257. The summed E-state index contributed by atoms with van der Waals surface area (Å²) in [5.41, 5.74) is 5.53. The van der Waals surface area contributed by atoms with Crippen molar-refractivity contribution >= 4 is 22.4 Å². The molecule has 1 saturated heterocycles. The van der Waals surface area contributed by atoms with E-state index in [-0.39, 0.29) is 6.10 Å². The molecule has 3 N–H and O–H groups in total. The second-order valence-corrected chi connectivity index (χ2v) is 4.56. The number of nitrogen functional groups attached to an aromatic ring is 1. The van der Waals surface area contributed by atoms with Gasteiger partial charge in [0.25, 0.3) is 0 Å². The first-order valence-electron chi connectivity index (χ1n) is 5.00. The van der Waals surface area contributed by atoms with E-state index in [0.717, 1.165) is 31.2 Å². The molecule has 5 nitrogen and oxygen atoms in total. The number of morpholine rings is 1. The smallest absolute Gasteiger partial charge is 0.139 e. The van der Waals surface area contributed by atoms with Crippen LogP contribution in [0, 0.1) is 0 Å². The fourth-order valence-electron chi connectivity index (χ4n) is 1.58. The third-order valence-electron chi connectivity index (χ3n) is 2.37. The predicted octanol–water partition coefficient (Wildman–Crippen LogP) is 0.468. The Bertz CT molecular complexity index is 317. The van der Waals surface area contributed by atoms with Crippen LogP contribution >= 0.6 is 11.5 Å². The highest BCUT2D eigenvalue weighted by Crippen LogP contribution is 2.17. The van der Waals surface area contributed by atoms with Gasteiger partial charge in [-0.05, 0) is 18.6 Å². The maximum absolute atomic E-state index is 5.63. The molecule has 0 spiro atoms. The third kappa shape index (κ3) is 3.05. The number of anilines is 2. The quantitative estimate of drug-likeness (QED) is 0.787. The molecule has 0 radical (unpaired) electrons. The molecule has 0 saturated carbocycles. The molecule has 84 valence electrons. The summed E-state index contributed by atoms with van der Waals surface area (Å²) in [7, 11) is 2.11. The number of nitrogens with zero attached hydrogens (tertiary/aromatic N) is 2. The molecule has 0 aromatic carbocycles. The molecule has 0 bridgehead atoms. The number of aromatic nitrogens is 1. The Balaban J connectivity index is 1.77. The monoisotopic (exact) mass is 228 g/mol. The van der Waals surface area contributed by atoms with Crippen molar-refractivity contribution in [2.75, 3.05) is 44.3 Å². The molecule has 1 atom stereocenters. The van der Waals surface area contributed by atoms with E-state index in [4.69, 9.17) is 10.5 Å². The minimum Gasteiger partial charge on any atom is -0.383 e. The zero-order valence-corrected chi connectivity index (χ0v) is 9.59. The van der Waals surface area contributed by atoms with Gasteiger partial charge in [0.15, 0.2) is 0 Å². The second kappa shape index (κ2) is 4.78. The molecule has 1 unspecified atom stereocenters. The van der Waals surface area contributed by atoms with Gasteiger partial charge in [-0.15, -0.1) is 0 Å². The van der Waals surface area contributed by atoms with Gasteiger partial charge in [-0.1, -0.05) is 0 Å². The van der Waals surface area contributed by atoms with Crippen molar-refractivity contribution < 1.29 is 4.74 Å². The molecule has 1 aliphatic rings. The lowest BCUT2D eigenvalue weighted by atomic mass is 10.3. The van der Waals surface area contributed by atoms with Gasteiger partial charge in [0.05, 0.1) is 12.7 Å². The first-order chi connectivity index (χ1) is 7.24. The van der Waals surface area contributed by atoms with E-state index in [9.17, 15) is 0 Å². The zero-order chi connectivity index (χ0) is 10.7. The summed E-state index contributed by atoms with van der Waals surface area (Å²) in [5.74, 6) is 0.573. The van der Waals surface area contributed by atoms with Crippen LogP contribution < -0.4 is 11.1 Å². The van der Waals surface area contributed by atoms with Crippen LogP contribution in [0.1, 0.15) is 0 Å². The van der Waals surface area contributed by atoms with E-state index in [2.05, 4.69) is 21.6 Å². The fraction of sp³-hybridized carbons (Fsp3) is 0.667. The molecule has 15 heavy (non-hydrogen) atoms. The molecule has 1 aliphatic heterocycles. The van der Waals surface area contributed by atoms with Gasteiger partial charge >= 0.3 is 0 Å². The van der Waals surface area contributed by atoms with E-state index in [0.29, 0.717) is 5.82 Å². The lowest BCUT2D eigenvalue weighted by molar-refractivity contribution is -0.0116. The van der Waals surface area contributed by atoms with E-state index >= 15 is 0 Å². The number of nitrogens with two attached hydrogens (primary N) is 1. The summed E-state index contributed by atoms with van der Waals surface area (Å²) in [4.78, 5) is 2.27. The van der Waals surface area contributed by atoms with Crippen molar-refractivity contribution in [1.29, 1.82) is 0 Å². The van der Waals surface area contributed by atoms with Crippen molar-refractivity contribution in [3.8, 4) is 0 Å². The van der Waals surface area contributed by atoms with Gasteiger partial charge in [-0.2, -0.15) is 4.37 Å². The van der Waals surface area contributed by atoms with Crippen LogP contribution in [0.15, 0.2) is 6.07 Å². The van der Waals surface area contributed by atoms with Crippen LogP contribution in [0.4, 0.5) is 10.8 Å². The number of hydrogen-bond donors (Lipinski definition) is 2. The molecule has 1 aromatic heterocycles. The van der Waals surface area contributed by atoms with E-state index in [1.54, 1.807) is 0 Å². The van der Waals surface area contributed by atoms with E-state index in [1.165, 1.54) is 11.5 Å². The lowest BCUT2D eigenvalue weighted by Crippen LogP contribution is -2.43. The standard InChI is InChI=1S/C9H16N4OS/c1-13-2-3-14-7(6-13)5-11-9-4-8(10)12-15-9/h4,7,11H,2-3,5-6H2,1H3,(H2,10,12). The minimum atomic E-state index is 0.257. The SMILES string of the molecule is CN1CCOC(CNc2cc(N)ns2)C1. The van der Waals surface area contributed by atoms with Crippen LogP contribution in [0.25, 0.3) is 0 Å². The van der Waals surface area contributed by atoms with Gasteiger partial charge in [0.2, 0.25) is 0 Å². The van der Waals surface area contributed by atoms with E-state index < -0.39 is 0 Å². The Hall–Kier alpha value is -0.850. The van der Waals surface area contributed by atoms with Gasteiger partial charge < -0.3 is 20.7 Å². The largest absolute Gasteiger partial charge is 0.383 e. The molecular weight excluding hydrogens is 212 g/mol. The van der Waals surface area contributed by atoms with Crippen molar-refractivity contribution in [2.24, 2.45) is 0 Å². The average Bonchev–Trinajstić information content (AvgIpc) is 2.62. The fourth-order valence-corrected chi connectivity index (χ4v) is 2.15. The van der Waals surface area contributed by atoms with Gasteiger partial charge in [-0.3, -0.25) is 0 Å². The highest BCUT2D eigenvalue weighted by atomic mass is 32.1. The summed E-state index contributed by atoms with van der Waals surface area (Å²) in [6.07, 6.45) is 0.257. The highest BCUT2D eigenvalue weighted by molar-refractivity contribution is 7.10. The van der Waals surface area contributed by atoms with Crippen molar-refractivity contribution in [1.82, 2.24) is 9.27 Å². The Morgan fingerprint density at radius 1 is 1.80 bits per heavy atom. The van der Waals surface area contributed by atoms with Crippen LogP contribution in [-0.2, 0) is 4.74 Å². The molecule has 0 amide bonds. The molecule has 6 heteroatoms. The molecule has 2 heterocycles. The molecule has 1 aromatic rings. The molecule has 2 rings (SSSR count). The van der Waals surface area contributed by atoms with E-state index in [1.807, 2.05) is 6.07 Å². The number of hydrogen-bond acceptors (Lipinski definition) is 6. The topological polar surface area (TPSA) is 63.4 Å². The Labute approximate surface area is 93.4 Å². The summed E-state index contributed by atoms with van der Waals surface area (Å²) >= 11 is 1.38. The maximum atomic E-state index is 5.63. The summed E-state index contributed by atoms with van der Waals surface area (Å²) in [6.45, 7) is 3.62. The van der Waals surface area contributed by atoms with Gasteiger partial charge in [-0.25, -0.2) is 0 Å². The number of rotatable bonds is 3. The number of likely N-dealkylation sites (N-methyl/N-ethyl adjacent to an activating group) is 1. The Morgan fingerprint density at radius 3 is 3.33 bits per heavy atom. The van der Waals surface area contributed by atoms with Crippen LogP contribution in [0.3, 0.4) is 0 Å². The van der Waals surface area contributed by atoms with Crippen LogP contribution in [-0.4, -0.2) is 48.7 Å². The number of nitrogens with one attached hydrogen (secondary N) is 1. The molecular formula is C9H16N4OS. The predicted molar refractivity (Wildman–Crippen MR) is 62.3 cm³/mol. The van der Waals surface area contributed by atoms with Gasteiger partial charge in [0, 0.05) is 25.7 Å². The Kier molecular flexibility index (Phi) is 3.40. The van der Waals surface area contributed by atoms with Crippen molar-refractivity contribution in [3.05, 3.63) is 6.07 Å². The van der Waals surface area contributed by atoms with Crippen molar-refractivity contribution in [2.45, 2.75) is 6.10 Å². The maximum Gasteiger partial charge on any atom is 0.139 e. The second-order valence-electron chi connectivity index (χ2n) is 3.75. The summed E-state index contributed by atoms with van der Waals surface area (Å²) in [6, 6.07) is 1.84. The summed E-state index contributed by atoms with van der Waals surface area (Å²) in [5, 5.41) is 4.28. The lowest BCUT2D eigenvalue weighted by Gasteiger charge is -2.30. The normalized spacial score (nSPS) is 22.9. The first kappa shape index (κ1) is 10.7. The molecule has 1 fully saturated rings. The van der Waals surface area contributed by atoms with Crippen LogP contribution in [0.5, 0.6) is 0 Å². The van der Waals surface area contributed by atoms with Gasteiger partial charge in [0.1, 0.15) is 10.8 Å². The van der Waals surface area contributed by atoms with Crippen molar-refractivity contribution in [3.63, 3.8) is 0 Å². The third-order valence-corrected chi connectivity index (χ3v) is 3.14. The highest BCUT2D eigenvalue weighted by Gasteiger charge is 2.17. The summed E-state index contributed by atoms with van der Waals surface area (Å²) < 4.78 is 9.63. The average molecular weight is 228 g/mol. The Morgan fingerprint density at radius 2 is 2.67 bits per heavy atom.